The smallest absolute Gasteiger partial charge is 0.260 e. The van der Waals surface area contributed by atoms with Gasteiger partial charge in [0.25, 0.3) is 5.91 Å². The molecule has 0 bridgehead atoms. The number of halogens is 1. The second-order valence-corrected chi connectivity index (χ2v) is 4.75. The Labute approximate surface area is 112 Å². The molecule has 0 unspecified atom stereocenters. The van der Waals surface area contributed by atoms with Crippen molar-refractivity contribution in [2.45, 2.75) is 6.92 Å². The maximum Gasteiger partial charge on any atom is 0.260 e. The number of pyridine rings is 1. The first-order valence-electron chi connectivity index (χ1n) is 5.20. The van der Waals surface area contributed by atoms with Gasteiger partial charge in [-0.15, -0.1) is 0 Å². The van der Waals surface area contributed by atoms with Crippen LogP contribution in [0.15, 0.2) is 22.8 Å². The van der Waals surface area contributed by atoms with Gasteiger partial charge in [0.2, 0.25) is 0 Å². The Balaban J connectivity index is 2.27. The maximum absolute atomic E-state index is 12.1. The van der Waals surface area contributed by atoms with Crippen LogP contribution in [0.4, 0.5) is 11.6 Å². The Bertz CT molecular complexity index is 607. The summed E-state index contributed by atoms with van der Waals surface area (Å²) in [4.78, 5) is 16.0. The zero-order chi connectivity index (χ0) is 13.3. The molecule has 7 heteroatoms. The SMILES string of the molecule is Cc1cc(NC(=O)c2cc(Br)cnc2N)n(C)n1. The number of hydrogen-bond acceptors (Lipinski definition) is 4. The second-order valence-electron chi connectivity index (χ2n) is 3.84. The van der Waals surface area contributed by atoms with Gasteiger partial charge in [-0.25, -0.2) is 4.98 Å². The predicted octanol–water partition coefficient (Wildman–Crippen LogP) is 1.72. The lowest BCUT2D eigenvalue weighted by molar-refractivity contribution is 0.102. The zero-order valence-corrected chi connectivity index (χ0v) is 11.5. The summed E-state index contributed by atoms with van der Waals surface area (Å²) in [5.41, 5.74) is 6.82. The number of aryl methyl sites for hydroxylation is 2. The van der Waals surface area contributed by atoms with Gasteiger partial charge < -0.3 is 11.1 Å². The van der Waals surface area contributed by atoms with E-state index in [0.29, 0.717) is 15.9 Å². The molecule has 0 saturated heterocycles. The van der Waals surface area contributed by atoms with Crippen molar-refractivity contribution in [2.24, 2.45) is 7.05 Å². The number of carbonyl (C=O) groups is 1. The molecule has 2 heterocycles. The van der Waals surface area contributed by atoms with Crippen LogP contribution in [0.5, 0.6) is 0 Å². The molecule has 0 radical (unpaired) electrons. The fourth-order valence-electron chi connectivity index (χ4n) is 1.54. The highest BCUT2D eigenvalue weighted by Crippen LogP contribution is 2.17. The van der Waals surface area contributed by atoms with E-state index in [1.54, 1.807) is 30.1 Å². The van der Waals surface area contributed by atoms with Crippen molar-refractivity contribution in [3.63, 3.8) is 0 Å². The Kier molecular flexibility index (Phi) is 3.33. The number of hydrogen-bond donors (Lipinski definition) is 2. The standard InChI is InChI=1S/C11H12BrN5O/c1-6-3-9(17(2)16-6)15-11(18)8-4-7(12)5-14-10(8)13/h3-5H,1-2H3,(H2,13,14)(H,15,18). The number of anilines is 2. The van der Waals surface area contributed by atoms with Crippen LogP contribution in [0.3, 0.4) is 0 Å². The first kappa shape index (κ1) is 12.6. The molecule has 0 fully saturated rings. The molecule has 0 saturated carbocycles. The predicted molar refractivity (Wildman–Crippen MR) is 72.2 cm³/mol. The number of amides is 1. The minimum Gasteiger partial charge on any atom is -0.383 e. The fourth-order valence-corrected chi connectivity index (χ4v) is 1.87. The molecule has 18 heavy (non-hydrogen) atoms. The molecule has 94 valence electrons. The Morgan fingerprint density at radius 2 is 2.22 bits per heavy atom. The molecule has 0 aliphatic rings. The molecule has 2 rings (SSSR count). The summed E-state index contributed by atoms with van der Waals surface area (Å²) in [5.74, 6) is 0.482. The topological polar surface area (TPSA) is 85.8 Å². The number of nitrogens with zero attached hydrogens (tertiary/aromatic N) is 3. The van der Waals surface area contributed by atoms with Crippen LogP contribution < -0.4 is 11.1 Å². The van der Waals surface area contributed by atoms with Gasteiger partial charge in [0.1, 0.15) is 11.6 Å². The highest BCUT2D eigenvalue weighted by molar-refractivity contribution is 9.10. The van der Waals surface area contributed by atoms with E-state index in [4.69, 9.17) is 5.73 Å². The summed E-state index contributed by atoms with van der Waals surface area (Å²) in [7, 11) is 1.76. The maximum atomic E-state index is 12.1. The first-order chi connectivity index (χ1) is 8.47. The van der Waals surface area contributed by atoms with Crippen LogP contribution in [-0.4, -0.2) is 20.7 Å². The molecule has 0 aliphatic heterocycles. The van der Waals surface area contributed by atoms with E-state index < -0.39 is 0 Å². The molecule has 2 aromatic heterocycles. The van der Waals surface area contributed by atoms with Crippen LogP contribution in [-0.2, 0) is 7.05 Å². The molecule has 1 amide bonds. The molecule has 0 aliphatic carbocycles. The van der Waals surface area contributed by atoms with Gasteiger partial charge in [0.05, 0.1) is 11.3 Å². The van der Waals surface area contributed by atoms with E-state index >= 15 is 0 Å². The summed E-state index contributed by atoms with van der Waals surface area (Å²) in [5, 5.41) is 6.88. The molecule has 2 aromatic rings. The van der Waals surface area contributed by atoms with Gasteiger partial charge in [0.15, 0.2) is 0 Å². The highest BCUT2D eigenvalue weighted by atomic mass is 79.9. The number of rotatable bonds is 2. The van der Waals surface area contributed by atoms with Gasteiger partial charge in [-0.05, 0) is 28.9 Å². The van der Waals surface area contributed by atoms with E-state index in [-0.39, 0.29) is 11.7 Å². The van der Waals surface area contributed by atoms with Crippen LogP contribution in [0.2, 0.25) is 0 Å². The van der Waals surface area contributed by atoms with Crippen molar-refractivity contribution in [2.75, 3.05) is 11.1 Å². The fraction of sp³-hybridized carbons (Fsp3) is 0.182. The Morgan fingerprint density at radius 3 is 2.83 bits per heavy atom. The third-order valence-corrected chi connectivity index (χ3v) is 2.81. The van der Waals surface area contributed by atoms with E-state index in [2.05, 4.69) is 31.3 Å². The van der Waals surface area contributed by atoms with Crippen molar-refractivity contribution < 1.29 is 4.79 Å². The number of aromatic nitrogens is 3. The molecule has 3 N–H and O–H groups in total. The van der Waals surface area contributed by atoms with Crippen LogP contribution in [0.1, 0.15) is 16.1 Å². The van der Waals surface area contributed by atoms with E-state index in [1.165, 1.54) is 0 Å². The number of carbonyl (C=O) groups excluding carboxylic acids is 1. The van der Waals surface area contributed by atoms with Crippen molar-refractivity contribution in [3.8, 4) is 0 Å². The summed E-state index contributed by atoms with van der Waals surface area (Å²) in [6.45, 7) is 1.85. The van der Waals surface area contributed by atoms with Crippen molar-refractivity contribution in [1.29, 1.82) is 0 Å². The van der Waals surface area contributed by atoms with Crippen molar-refractivity contribution in [1.82, 2.24) is 14.8 Å². The van der Waals surface area contributed by atoms with E-state index in [1.807, 2.05) is 6.92 Å². The van der Waals surface area contributed by atoms with E-state index in [9.17, 15) is 4.79 Å². The lowest BCUT2D eigenvalue weighted by Gasteiger charge is -2.07. The highest BCUT2D eigenvalue weighted by Gasteiger charge is 2.13. The van der Waals surface area contributed by atoms with Gasteiger partial charge in [-0.2, -0.15) is 5.10 Å². The molecule has 0 atom stereocenters. The molecule has 0 aromatic carbocycles. The lowest BCUT2D eigenvalue weighted by atomic mass is 10.2. The summed E-state index contributed by atoms with van der Waals surface area (Å²) >= 11 is 3.25. The third-order valence-electron chi connectivity index (χ3n) is 2.37. The molecular formula is C11H12BrN5O. The number of nitrogens with one attached hydrogen (secondary N) is 1. The quantitative estimate of drug-likeness (QED) is 0.884. The van der Waals surface area contributed by atoms with Crippen LogP contribution in [0.25, 0.3) is 0 Å². The first-order valence-corrected chi connectivity index (χ1v) is 5.99. The molecular weight excluding hydrogens is 298 g/mol. The Hall–Kier alpha value is -1.89. The number of nitrogen functional groups attached to an aromatic ring is 1. The molecule has 0 spiro atoms. The summed E-state index contributed by atoms with van der Waals surface area (Å²) in [6.07, 6.45) is 1.54. The second kappa shape index (κ2) is 4.77. The van der Waals surface area contributed by atoms with Gasteiger partial charge in [-0.3, -0.25) is 9.48 Å². The van der Waals surface area contributed by atoms with Crippen LogP contribution >= 0.6 is 15.9 Å². The Morgan fingerprint density at radius 1 is 1.50 bits per heavy atom. The largest absolute Gasteiger partial charge is 0.383 e. The van der Waals surface area contributed by atoms with E-state index in [0.717, 1.165) is 5.69 Å². The minimum absolute atomic E-state index is 0.189. The van der Waals surface area contributed by atoms with Crippen LogP contribution in [0, 0.1) is 6.92 Å². The summed E-state index contributed by atoms with van der Waals surface area (Å²) < 4.78 is 2.29. The monoisotopic (exact) mass is 309 g/mol. The third kappa shape index (κ3) is 2.51. The minimum atomic E-state index is -0.315. The van der Waals surface area contributed by atoms with Gasteiger partial charge >= 0.3 is 0 Å². The van der Waals surface area contributed by atoms with Crippen molar-refractivity contribution in [3.05, 3.63) is 34.1 Å². The normalized spacial score (nSPS) is 10.4. The molecule has 6 nitrogen and oxygen atoms in total. The zero-order valence-electron chi connectivity index (χ0n) is 9.94. The average molecular weight is 310 g/mol. The van der Waals surface area contributed by atoms with Gasteiger partial charge in [-0.1, -0.05) is 0 Å². The van der Waals surface area contributed by atoms with Crippen molar-refractivity contribution >= 4 is 33.5 Å². The average Bonchev–Trinajstić information content (AvgIpc) is 2.61. The number of nitrogens with two attached hydrogens (primary N) is 1. The summed E-state index contributed by atoms with van der Waals surface area (Å²) in [6, 6.07) is 3.40. The van der Waals surface area contributed by atoms with Gasteiger partial charge in [0, 0.05) is 23.8 Å². The lowest BCUT2D eigenvalue weighted by Crippen LogP contribution is -2.16.